The zero-order valence-corrected chi connectivity index (χ0v) is 9.48. The second-order valence-corrected chi connectivity index (χ2v) is 4.53. The molecule has 0 fully saturated rings. The van der Waals surface area contributed by atoms with E-state index in [2.05, 4.69) is 9.97 Å². The number of H-pyrrole nitrogens is 1. The van der Waals surface area contributed by atoms with Crippen molar-refractivity contribution in [2.24, 2.45) is 5.73 Å². The van der Waals surface area contributed by atoms with E-state index >= 15 is 0 Å². The minimum Gasteiger partial charge on any atom is -0.507 e. The first-order valence-corrected chi connectivity index (χ1v) is 5.86. The molecule has 0 spiro atoms. The number of rotatable bonds is 1. The summed E-state index contributed by atoms with van der Waals surface area (Å²) in [6.45, 7) is 0. The highest BCUT2D eigenvalue weighted by Crippen LogP contribution is 2.29. The van der Waals surface area contributed by atoms with Gasteiger partial charge in [0.05, 0.1) is 11.3 Å². The minimum atomic E-state index is 0.222. The third kappa shape index (κ3) is 1.80. The molecule has 4 N–H and O–H groups in total. The van der Waals surface area contributed by atoms with E-state index in [0.29, 0.717) is 0 Å². The van der Waals surface area contributed by atoms with Crippen molar-refractivity contribution >= 4 is 0 Å². The van der Waals surface area contributed by atoms with Crippen molar-refractivity contribution in [2.75, 3.05) is 0 Å². The fourth-order valence-corrected chi connectivity index (χ4v) is 2.31. The molecule has 1 aliphatic rings. The number of para-hydroxylation sites is 1. The van der Waals surface area contributed by atoms with Crippen LogP contribution < -0.4 is 5.73 Å². The van der Waals surface area contributed by atoms with Gasteiger partial charge in [0.1, 0.15) is 11.6 Å². The average Bonchev–Trinajstić information content (AvgIpc) is 2.72. The zero-order valence-electron chi connectivity index (χ0n) is 9.48. The third-order valence-corrected chi connectivity index (χ3v) is 3.24. The number of aromatic hydroxyl groups is 1. The summed E-state index contributed by atoms with van der Waals surface area (Å²) in [7, 11) is 0. The van der Waals surface area contributed by atoms with E-state index in [1.54, 1.807) is 12.1 Å². The number of phenols is 1. The monoisotopic (exact) mass is 229 g/mol. The molecule has 1 atom stereocenters. The van der Waals surface area contributed by atoms with Gasteiger partial charge < -0.3 is 15.8 Å². The quantitative estimate of drug-likeness (QED) is 0.695. The molecule has 1 unspecified atom stereocenters. The van der Waals surface area contributed by atoms with Gasteiger partial charge in [0, 0.05) is 18.2 Å². The third-order valence-electron chi connectivity index (χ3n) is 3.24. The highest BCUT2D eigenvalue weighted by Gasteiger charge is 2.20. The molecule has 4 heteroatoms. The molecule has 1 heterocycles. The maximum atomic E-state index is 9.79. The molecular formula is C13H15N3O. The predicted octanol–water partition coefficient (Wildman–Crippen LogP) is 1.60. The van der Waals surface area contributed by atoms with Crippen molar-refractivity contribution in [3.8, 4) is 17.1 Å². The van der Waals surface area contributed by atoms with E-state index in [-0.39, 0.29) is 11.8 Å². The number of aryl methyl sites for hydroxylation is 1. The molecule has 17 heavy (non-hydrogen) atoms. The molecule has 0 aliphatic heterocycles. The lowest BCUT2D eigenvalue weighted by Gasteiger charge is -2.15. The summed E-state index contributed by atoms with van der Waals surface area (Å²) in [5.74, 6) is 0.991. The number of nitrogens with two attached hydrogens (primary N) is 1. The van der Waals surface area contributed by atoms with Gasteiger partial charge in [-0.25, -0.2) is 4.98 Å². The second-order valence-electron chi connectivity index (χ2n) is 4.53. The van der Waals surface area contributed by atoms with Gasteiger partial charge in [-0.15, -0.1) is 0 Å². The molecule has 88 valence electrons. The molecule has 0 saturated heterocycles. The van der Waals surface area contributed by atoms with Crippen LogP contribution in [-0.4, -0.2) is 21.1 Å². The molecule has 0 radical (unpaired) electrons. The Labute approximate surface area is 99.5 Å². The van der Waals surface area contributed by atoms with E-state index in [4.69, 9.17) is 5.73 Å². The van der Waals surface area contributed by atoms with E-state index in [1.165, 1.54) is 0 Å². The Kier molecular flexibility index (Phi) is 2.37. The van der Waals surface area contributed by atoms with Gasteiger partial charge in [0.25, 0.3) is 0 Å². The van der Waals surface area contributed by atoms with Crippen molar-refractivity contribution in [2.45, 2.75) is 25.3 Å². The van der Waals surface area contributed by atoms with Crippen LogP contribution in [0.25, 0.3) is 11.4 Å². The van der Waals surface area contributed by atoms with Crippen LogP contribution in [0.4, 0.5) is 0 Å². The zero-order chi connectivity index (χ0) is 11.8. The lowest BCUT2D eigenvalue weighted by Crippen LogP contribution is -2.27. The summed E-state index contributed by atoms with van der Waals surface area (Å²) >= 11 is 0. The second kappa shape index (κ2) is 3.89. The van der Waals surface area contributed by atoms with Gasteiger partial charge in [-0.1, -0.05) is 12.1 Å². The fraction of sp³-hybridized carbons (Fsp3) is 0.308. The van der Waals surface area contributed by atoms with Crippen molar-refractivity contribution in [1.82, 2.24) is 9.97 Å². The van der Waals surface area contributed by atoms with E-state index < -0.39 is 0 Å². The molecule has 2 aromatic rings. The van der Waals surface area contributed by atoms with Crippen molar-refractivity contribution in [1.29, 1.82) is 0 Å². The standard InChI is InChI=1S/C13H15N3O/c14-8-5-6-10-11(7-8)16-13(15-10)9-3-1-2-4-12(9)17/h1-4,8,17H,5-7,14H2,(H,15,16). The van der Waals surface area contributed by atoms with Crippen LogP contribution in [0.2, 0.25) is 0 Å². The van der Waals surface area contributed by atoms with E-state index in [9.17, 15) is 5.11 Å². The van der Waals surface area contributed by atoms with Crippen LogP contribution in [0, 0.1) is 0 Å². The number of nitrogens with zero attached hydrogens (tertiary/aromatic N) is 1. The highest BCUT2D eigenvalue weighted by molar-refractivity contribution is 5.64. The van der Waals surface area contributed by atoms with Crippen LogP contribution in [-0.2, 0) is 12.8 Å². The molecule has 0 bridgehead atoms. The number of hydrogen-bond acceptors (Lipinski definition) is 3. The van der Waals surface area contributed by atoms with Gasteiger partial charge >= 0.3 is 0 Å². The molecule has 0 saturated carbocycles. The summed E-state index contributed by atoms with van der Waals surface area (Å²) in [4.78, 5) is 7.82. The first kappa shape index (κ1) is 10.4. The number of phenolic OH excluding ortho intramolecular Hbond substituents is 1. The first-order valence-electron chi connectivity index (χ1n) is 5.86. The van der Waals surface area contributed by atoms with Crippen LogP contribution in [0.3, 0.4) is 0 Å². The summed E-state index contributed by atoms with van der Waals surface area (Å²) in [5.41, 5.74) is 8.88. The first-order chi connectivity index (χ1) is 8.24. The minimum absolute atomic E-state index is 0.222. The fourth-order valence-electron chi connectivity index (χ4n) is 2.31. The number of nitrogens with one attached hydrogen (secondary N) is 1. The van der Waals surface area contributed by atoms with Gasteiger partial charge in [0.2, 0.25) is 0 Å². The Hall–Kier alpha value is -1.81. The Morgan fingerprint density at radius 2 is 2.18 bits per heavy atom. The van der Waals surface area contributed by atoms with E-state index in [0.717, 1.165) is 42.0 Å². The Bertz CT molecular complexity index is 547. The molecule has 1 aromatic carbocycles. The molecular weight excluding hydrogens is 214 g/mol. The summed E-state index contributed by atoms with van der Waals surface area (Å²) in [6.07, 6.45) is 2.74. The van der Waals surface area contributed by atoms with Gasteiger partial charge in [-0.2, -0.15) is 0 Å². The number of hydrogen-bond donors (Lipinski definition) is 3. The van der Waals surface area contributed by atoms with Crippen LogP contribution in [0.15, 0.2) is 24.3 Å². The van der Waals surface area contributed by atoms with Crippen molar-refractivity contribution in [3.05, 3.63) is 35.7 Å². The summed E-state index contributed by atoms with van der Waals surface area (Å²) in [5, 5.41) is 9.79. The van der Waals surface area contributed by atoms with E-state index in [1.807, 2.05) is 12.1 Å². The van der Waals surface area contributed by atoms with Gasteiger partial charge in [0.15, 0.2) is 0 Å². The van der Waals surface area contributed by atoms with Crippen LogP contribution in [0.5, 0.6) is 5.75 Å². The SMILES string of the molecule is NC1CCc2nc(-c3ccccc3O)[nH]c2C1. The molecule has 4 nitrogen and oxygen atoms in total. The number of benzene rings is 1. The van der Waals surface area contributed by atoms with Crippen molar-refractivity contribution in [3.63, 3.8) is 0 Å². The maximum Gasteiger partial charge on any atom is 0.141 e. The van der Waals surface area contributed by atoms with Crippen LogP contribution >= 0.6 is 0 Å². The Morgan fingerprint density at radius 1 is 1.35 bits per heavy atom. The lowest BCUT2D eigenvalue weighted by atomic mass is 9.97. The number of aromatic amines is 1. The maximum absolute atomic E-state index is 9.79. The largest absolute Gasteiger partial charge is 0.507 e. The summed E-state index contributed by atoms with van der Waals surface area (Å²) in [6, 6.07) is 7.45. The number of fused-ring (bicyclic) bond motifs is 1. The Balaban J connectivity index is 2.03. The normalized spacial score (nSPS) is 19.0. The molecule has 0 amide bonds. The molecule has 1 aliphatic carbocycles. The van der Waals surface area contributed by atoms with Gasteiger partial charge in [-0.3, -0.25) is 0 Å². The number of imidazole rings is 1. The van der Waals surface area contributed by atoms with Crippen LogP contribution in [0.1, 0.15) is 17.8 Å². The summed E-state index contributed by atoms with van der Waals surface area (Å²) < 4.78 is 0. The average molecular weight is 229 g/mol. The topological polar surface area (TPSA) is 74.9 Å². The molecule has 1 aromatic heterocycles. The van der Waals surface area contributed by atoms with Gasteiger partial charge in [-0.05, 0) is 25.0 Å². The smallest absolute Gasteiger partial charge is 0.141 e. The lowest BCUT2D eigenvalue weighted by molar-refractivity contribution is 0.477. The van der Waals surface area contributed by atoms with Crippen molar-refractivity contribution < 1.29 is 5.11 Å². The molecule has 3 rings (SSSR count). The predicted molar refractivity (Wildman–Crippen MR) is 65.7 cm³/mol. The highest BCUT2D eigenvalue weighted by atomic mass is 16.3. The Morgan fingerprint density at radius 3 is 3.00 bits per heavy atom. The number of aromatic nitrogens is 2.